The Morgan fingerprint density at radius 1 is 1.11 bits per heavy atom. The largest absolute Gasteiger partial charge is 0.330 e. The van der Waals surface area contributed by atoms with Crippen LogP contribution in [0.1, 0.15) is 32.3 Å². The van der Waals surface area contributed by atoms with Crippen molar-refractivity contribution in [2.45, 2.75) is 31.9 Å². The smallest absolute Gasteiger partial charge is 0.153 e. The molecular formula is C14H23NO2S. The Kier molecular flexibility index (Phi) is 5.35. The first-order valence-corrected chi connectivity index (χ1v) is 8.06. The average Bonchev–Trinajstić information content (AvgIpc) is 2.36. The molecule has 18 heavy (non-hydrogen) atoms. The summed E-state index contributed by atoms with van der Waals surface area (Å²) in [5.41, 5.74) is 6.72. The van der Waals surface area contributed by atoms with E-state index in [9.17, 15) is 8.42 Å². The van der Waals surface area contributed by atoms with Crippen molar-refractivity contribution in [1.29, 1.82) is 0 Å². The molecule has 0 saturated heterocycles. The number of sulfone groups is 1. The van der Waals surface area contributed by atoms with Gasteiger partial charge in [0, 0.05) is 12.5 Å². The monoisotopic (exact) mass is 269 g/mol. The molecule has 0 fully saturated rings. The Bertz CT molecular complexity index is 454. The van der Waals surface area contributed by atoms with E-state index in [0.717, 1.165) is 5.56 Å². The first kappa shape index (κ1) is 15.2. The zero-order valence-electron chi connectivity index (χ0n) is 11.3. The van der Waals surface area contributed by atoms with Gasteiger partial charge in [-0.1, -0.05) is 44.2 Å². The topological polar surface area (TPSA) is 60.2 Å². The Labute approximate surface area is 110 Å². The number of rotatable bonds is 6. The van der Waals surface area contributed by atoms with E-state index in [1.54, 1.807) is 6.92 Å². The van der Waals surface area contributed by atoms with Crippen molar-refractivity contribution in [3.8, 4) is 0 Å². The quantitative estimate of drug-likeness (QED) is 0.861. The third-order valence-electron chi connectivity index (χ3n) is 3.49. The van der Waals surface area contributed by atoms with E-state index in [-0.39, 0.29) is 22.8 Å². The van der Waals surface area contributed by atoms with Gasteiger partial charge in [0.1, 0.15) is 0 Å². The van der Waals surface area contributed by atoms with Crippen LogP contribution in [0.5, 0.6) is 0 Å². The van der Waals surface area contributed by atoms with Crippen LogP contribution in [-0.2, 0) is 9.84 Å². The Morgan fingerprint density at radius 3 is 2.11 bits per heavy atom. The van der Waals surface area contributed by atoms with E-state index in [2.05, 4.69) is 0 Å². The van der Waals surface area contributed by atoms with Gasteiger partial charge in [0.15, 0.2) is 9.84 Å². The van der Waals surface area contributed by atoms with E-state index in [1.807, 2.05) is 44.2 Å². The van der Waals surface area contributed by atoms with Gasteiger partial charge in [-0.25, -0.2) is 8.42 Å². The van der Waals surface area contributed by atoms with Crippen LogP contribution >= 0.6 is 0 Å². The minimum atomic E-state index is -3.10. The number of hydrogen-bond acceptors (Lipinski definition) is 3. The molecule has 2 N–H and O–H groups in total. The highest BCUT2D eigenvalue weighted by Crippen LogP contribution is 2.21. The predicted octanol–water partition coefficient (Wildman–Crippen LogP) is 2.19. The van der Waals surface area contributed by atoms with Crippen molar-refractivity contribution in [1.82, 2.24) is 0 Å². The van der Waals surface area contributed by atoms with E-state index >= 15 is 0 Å². The van der Waals surface area contributed by atoms with Gasteiger partial charge in [0.2, 0.25) is 0 Å². The van der Waals surface area contributed by atoms with Crippen molar-refractivity contribution >= 4 is 9.84 Å². The molecule has 0 aliphatic carbocycles. The Morgan fingerprint density at radius 2 is 1.67 bits per heavy atom. The zero-order chi connectivity index (χ0) is 13.8. The van der Waals surface area contributed by atoms with Crippen LogP contribution in [0.3, 0.4) is 0 Å². The number of benzene rings is 1. The van der Waals surface area contributed by atoms with E-state index in [1.165, 1.54) is 0 Å². The first-order chi connectivity index (χ1) is 8.38. The molecular weight excluding hydrogens is 246 g/mol. The molecule has 1 aromatic carbocycles. The van der Waals surface area contributed by atoms with Gasteiger partial charge in [0.05, 0.1) is 11.0 Å². The van der Waals surface area contributed by atoms with Gasteiger partial charge in [-0.2, -0.15) is 0 Å². The first-order valence-electron chi connectivity index (χ1n) is 6.35. The van der Waals surface area contributed by atoms with Gasteiger partial charge >= 0.3 is 0 Å². The zero-order valence-corrected chi connectivity index (χ0v) is 12.2. The molecule has 0 amide bonds. The van der Waals surface area contributed by atoms with Gasteiger partial charge in [-0.15, -0.1) is 0 Å². The molecule has 0 aliphatic rings. The van der Waals surface area contributed by atoms with E-state index < -0.39 is 9.84 Å². The highest BCUT2D eigenvalue weighted by Gasteiger charge is 2.27. The lowest BCUT2D eigenvalue weighted by atomic mass is 10.0. The summed E-state index contributed by atoms with van der Waals surface area (Å²) >= 11 is 0. The molecule has 3 nitrogen and oxygen atoms in total. The summed E-state index contributed by atoms with van der Waals surface area (Å²) in [5.74, 6) is 0.147. The normalized spacial score (nSPS) is 15.6. The highest BCUT2D eigenvalue weighted by atomic mass is 32.2. The van der Waals surface area contributed by atoms with Crippen molar-refractivity contribution in [3.63, 3.8) is 0 Å². The fourth-order valence-electron chi connectivity index (χ4n) is 1.87. The molecule has 0 saturated carbocycles. The molecule has 0 spiro atoms. The summed E-state index contributed by atoms with van der Waals surface area (Å²) in [7, 11) is -3.10. The Balaban J connectivity index is 2.88. The predicted molar refractivity (Wildman–Crippen MR) is 76.3 cm³/mol. The molecule has 0 aromatic heterocycles. The molecule has 2 unspecified atom stereocenters. The maximum atomic E-state index is 12.3. The average molecular weight is 269 g/mol. The van der Waals surface area contributed by atoms with Gasteiger partial charge in [-0.3, -0.25) is 0 Å². The van der Waals surface area contributed by atoms with Gasteiger partial charge in [0.25, 0.3) is 0 Å². The van der Waals surface area contributed by atoms with Crippen molar-refractivity contribution in [3.05, 3.63) is 35.9 Å². The molecule has 0 heterocycles. The lowest BCUT2D eigenvalue weighted by Crippen LogP contribution is -2.31. The lowest BCUT2D eigenvalue weighted by molar-refractivity contribution is 0.540. The maximum absolute atomic E-state index is 12.3. The third kappa shape index (κ3) is 3.82. The van der Waals surface area contributed by atoms with Crippen molar-refractivity contribution in [2.24, 2.45) is 11.7 Å². The fraction of sp³-hybridized carbons (Fsp3) is 0.571. The second kappa shape index (κ2) is 6.34. The van der Waals surface area contributed by atoms with Crippen LogP contribution in [0, 0.1) is 5.92 Å². The second-order valence-corrected chi connectivity index (χ2v) is 7.52. The van der Waals surface area contributed by atoms with Crippen LogP contribution in [-0.4, -0.2) is 26.0 Å². The summed E-state index contributed by atoms with van der Waals surface area (Å²) < 4.78 is 24.5. The lowest BCUT2D eigenvalue weighted by Gasteiger charge is -2.21. The Hall–Kier alpha value is -0.870. The molecule has 102 valence electrons. The summed E-state index contributed by atoms with van der Waals surface area (Å²) in [5, 5.41) is -0.324. The molecule has 2 atom stereocenters. The van der Waals surface area contributed by atoms with Crippen LogP contribution in [0.2, 0.25) is 0 Å². The summed E-state index contributed by atoms with van der Waals surface area (Å²) in [6, 6.07) is 9.62. The SMILES string of the molecule is CC(C)C(C)S(=O)(=O)CC(CN)c1ccccc1. The summed E-state index contributed by atoms with van der Waals surface area (Å²) in [6.45, 7) is 6.00. The molecule has 4 heteroatoms. The van der Waals surface area contributed by atoms with Crippen LogP contribution < -0.4 is 5.73 Å². The van der Waals surface area contributed by atoms with Crippen molar-refractivity contribution < 1.29 is 8.42 Å². The second-order valence-electron chi connectivity index (χ2n) is 5.12. The number of hydrogen-bond donors (Lipinski definition) is 1. The standard InChI is InChI=1S/C14H23NO2S/c1-11(2)12(3)18(16,17)10-14(9-15)13-7-5-4-6-8-13/h4-8,11-12,14H,9-10,15H2,1-3H3. The minimum Gasteiger partial charge on any atom is -0.330 e. The molecule has 0 bridgehead atoms. The van der Waals surface area contributed by atoms with Crippen LogP contribution in [0.25, 0.3) is 0 Å². The highest BCUT2D eigenvalue weighted by molar-refractivity contribution is 7.92. The third-order valence-corrected chi connectivity index (χ3v) is 6.04. The van der Waals surface area contributed by atoms with Crippen LogP contribution in [0.15, 0.2) is 30.3 Å². The molecule has 0 aliphatic heterocycles. The molecule has 1 rings (SSSR count). The van der Waals surface area contributed by atoms with Gasteiger partial charge in [-0.05, 0) is 18.4 Å². The fourth-order valence-corrected chi connectivity index (χ4v) is 3.89. The van der Waals surface area contributed by atoms with E-state index in [4.69, 9.17) is 5.73 Å². The van der Waals surface area contributed by atoms with Crippen molar-refractivity contribution in [2.75, 3.05) is 12.3 Å². The van der Waals surface area contributed by atoms with Crippen LogP contribution in [0.4, 0.5) is 0 Å². The van der Waals surface area contributed by atoms with E-state index in [0.29, 0.717) is 6.54 Å². The molecule has 0 radical (unpaired) electrons. The molecule has 1 aromatic rings. The summed E-state index contributed by atoms with van der Waals surface area (Å²) in [6.07, 6.45) is 0. The summed E-state index contributed by atoms with van der Waals surface area (Å²) in [4.78, 5) is 0. The van der Waals surface area contributed by atoms with Gasteiger partial charge < -0.3 is 5.73 Å². The number of nitrogens with two attached hydrogens (primary N) is 1. The minimum absolute atomic E-state index is 0.114. The maximum Gasteiger partial charge on any atom is 0.153 e.